The molecule has 7 heteroatoms. The number of aromatic nitrogens is 1. The molecule has 2 aromatic rings. The van der Waals surface area contributed by atoms with Gasteiger partial charge in [0.1, 0.15) is 0 Å². The van der Waals surface area contributed by atoms with E-state index in [9.17, 15) is 9.59 Å². The van der Waals surface area contributed by atoms with Crippen LogP contribution in [0.4, 0.5) is 5.69 Å². The van der Waals surface area contributed by atoms with E-state index in [1.54, 1.807) is 31.3 Å². The predicted molar refractivity (Wildman–Crippen MR) is 79.2 cm³/mol. The molecule has 0 unspecified atom stereocenters. The zero-order valence-electron chi connectivity index (χ0n) is 11.6. The summed E-state index contributed by atoms with van der Waals surface area (Å²) in [5.41, 5.74) is 6.70. The number of hydrogen-bond acceptors (Lipinski definition) is 5. The summed E-state index contributed by atoms with van der Waals surface area (Å²) < 4.78 is 6.70. The van der Waals surface area contributed by atoms with Gasteiger partial charge in [0, 0.05) is 24.7 Å². The average Bonchev–Trinajstić information content (AvgIpc) is 2.47. The van der Waals surface area contributed by atoms with Crippen LogP contribution >= 0.6 is 0 Å². The Morgan fingerprint density at radius 3 is 2.90 bits per heavy atom. The number of nitrogens with two attached hydrogens (primary N) is 1. The van der Waals surface area contributed by atoms with Crippen LogP contribution in [0.3, 0.4) is 0 Å². The number of pyridine rings is 1. The summed E-state index contributed by atoms with van der Waals surface area (Å²) >= 11 is 0. The number of aliphatic hydroxyl groups is 1. The predicted octanol–water partition coefficient (Wildman–Crippen LogP) is -0.392. The van der Waals surface area contributed by atoms with Crippen LogP contribution in [0.25, 0.3) is 10.9 Å². The first-order valence-corrected chi connectivity index (χ1v) is 6.42. The van der Waals surface area contributed by atoms with Gasteiger partial charge in [-0.25, -0.2) is 0 Å². The minimum absolute atomic E-state index is 0.0785. The molecule has 21 heavy (non-hydrogen) atoms. The Balaban J connectivity index is 2.26. The van der Waals surface area contributed by atoms with Crippen molar-refractivity contribution in [2.75, 3.05) is 25.5 Å². The largest absolute Gasteiger partial charge is 0.478 e. The number of fused-ring (bicyclic) bond motifs is 1. The standard InChI is InChI=1S/C14H17N3O4/c1-17-11-3-2-10(15)6-9(11)7-12(14(17)20)21-8-13(19)16-4-5-18/h2-3,6-7,18H,4-5,8,15H2,1H3,(H,16,19). The van der Waals surface area contributed by atoms with Gasteiger partial charge in [-0.1, -0.05) is 0 Å². The highest BCUT2D eigenvalue weighted by Crippen LogP contribution is 2.19. The lowest BCUT2D eigenvalue weighted by molar-refractivity contribution is -0.123. The van der Waals surface area contributed by atoms with E-state index >= 15 is 0 Å². The maximum Gasteiger partial charge on any atom is 0.293 e. The van der Waals surface area contributed by atoms with Crippen molar-refractivity contribution < 1.29 is 14.6 Å². The first-order valence-electron chi connectivity index (χ1n) is 6.42. The Kier molecular flexibility index (Phi) is 4.44. The molecule has 0 radical (unpaired) electrons. The van der Waals surface area contributed by atoms with Gasteiger partial charge >= 0.3 is 0 Å². The number of hydrogen-bond donors (Lipinski definition) is 3. The molecule has 0 spiro atoms. The molecule has 2 rings (SSSR count). The van der Waals surface area contributed by atoms with Gasteiger partial charge in [0.15, 0.2) is 12.4 Å². The number of nitrogens with zero attached hydrogens (tertiary/aromatic N) is 1. The maximum absolute atomic E-state index is 12.1. The fourth-order valence-electron chi connectivity index (χ4n) is 1.96. The Labute approximate surface area is 120 Å². The number of carbonyl (C=O) groups excluding carboxylic acids is 1. The van der Waals surface area contributed by atoms with Gasteiger partial charge in [-0.3, -0.25) is 9.59 Å². The van der Waals surface area contributed by atoms with Crippen molar-refractivity contribution >= 4 is 22.5 Å². The molecule has 1 aromatic carbocycles. The van der Waals surface area contributed by atoms with Crippen molar-refractivity contribution in [1.29, 1.82) is 0 Å². The van der Waals surface area contributed by atoms with Crippen molar-refractivity contribution in [3.63, 3.8) is 0 Å². The number of nitrogen functional groups attached to an aromatic ring is 1. The van der Waals surface area contributed by atoms with Gasteiger partial charge in [-0.05, 0) is 24.3 Å². The number of anilines is 1. The van der Waals surface area contributed by atoms with Crippen molar-refractivity contribution in [2.45, 2.75) is 0 Å². The van der Waals surface area contributed by atoms with Gasteiger partial charge in [-0.15, -0.1) is 0 Å². The van der Waals surface area contributed by atoms with E-state index in [2.05, 4.69) is 5.32 Å². The topological polar surface area (TPSA) is 107 Å². The van der Waals surface area contributed by atoms with Crippen LogP contribution in [0.5, 0.6) is 5.75 Å². The molecule has 0 saturated carbocycles. The molecule has 0 fully saturated rings. The van der Waals surface area contributed by atoms with Crippen molar-refractivity contribution in [3.05, 3.63) is 34.6 Å². The highest BCUT2D eigenvalue weighted by molar-refractivity contribution is 5.83. The van der Waals surface area contributed by atoms with Crippen LogP contribution < -0.4 is 21.3 Å². The highest BCUT2D eigenvalue weighted by atomic mass is 16.5. The minimum atomic E-state index is -0.404. The maximum atomic E-state index is 12.1. The van der Waals surface area contributed by atoms with Crippen LogP contribution in [0.2, 0.25) is 0 Å². The Hall–Kier alpha value is -2.54. The van der Waals surface area contributed by atoms with Crippen LogP contribution in [-0.2, 0) is 11.8 Å². The smallest absolute Gasteiger partial charge is 0.293 e. The third kappa shape index (κ3) is 3.32. The van der Waals surface area contributed by atoms with E-state index in [0.29, 0.717) is 5.69 Å². The first-order chi connectivity index (χ1) is 10.0. The third-order valence-electron chi connectivity index (χ3n) is 3.01. The summed E-state index contributed by atoms with van der Waals surface area (Å²) in [5, 5.41) is 11.8. The minimum Gasteiger partial charge on any atom is -0.478 e. The van der Waals surface area contributed by atoms with Gasteiger partial charge in [0.2, 0.25) is 0 Å². The van der Waals surface area contributed by atoms with Crippen LogP contribution in [0.1, 0.15) is 0 Å². The van der Waals surface area contributed by atoms with E-state index in [0.717, 1.165) is 10.9 Å². The zero-order chi connectivity index (χ0) is 15.4. The second-order valence-electron chi connectivity index (χ2n) is 4.55. The lowest BCUT2D eigenvalue weighted by atomic mass is 10.2. The number of aryl methyl sites for hydroxylation is 1. The fourth-order valence-corrected chi connectivity index (χ4v) is 1.96. The number of carbonyl (C=O) groups is 1. The van der Waals surface area contributed by atoms with E-state index in [4.69, 9.17) is 15.6 Å². The average molecular weight is 291 g/mol. The summed E-state index contributed by atoms with van der Waals surface area (Å²) in [6, 6.07) is 6.76. The molecule has 1 amide bonds. The fraction of sp³-hybridized carbons (Fsp3) is 0.286. The summed E-state index contributed by atoms with van der Waals surface area (Å²) in [7, 11) is 1.62. The summed E-state index contributed by atoms with van der Waals surface area (Å²) in [4.78, 5) is 23.5. The zero-order valence-corrected chi connectivity index (χ0v) is 11.6. The Morgan fingerprint density at radius 2 is 2.19 bits per heavy atom. The van der Waals surface area contributed by atoms with E-state index < -0.39 is 5.91 Å². The molecule has 4 N–H and O–H groups in total. The number of amides is 1. The number of rotatable bonds is 5. The molecular weight excluding hydrogens is 274 g/mol. The summed E-state index contributed by atoms with van der Waals surface area (Å²) in [5.74, 6) is -0.325. The molecule has 0 aliphatic rings. The van der Waals surface area contributed by atoms with Gasteiger partial charge < -0.3 is 25.5 Å². The molecule has 112 valence electrons. The Morgan fingerprint density at radius 1 is 1.43 bits per heavy atom. The van der Waals surface area contributed by atoms with Crippen LogP contribution in [0, 0.1) is 0 Å². The molecule has 0 bridgehead atoms. The number of aliphatic hydroxyl groups excluding tert-OH is 1. The number of ether oxygens (including phenoxy) is 1. The van der Waals surface area contributed by atoms with E-state index in [1.165, 1.54) is 4.57 Å². The molecule has 0 saturated heterocycles. The number of nitrogens with one attached hydrogen (secondary N) is 1. The second kappa shape index (κ2) is 6.27. The SMILES string of the molecule is Cn1c(=O)c(OCC(=O)NCCO)cc2cc(N)ccc21. The van der Waals surface area contributed by atoms with Gasteiger partial charge in [0.25, 0.3) is 11.5 Å². The summed E-state index contributed by atoms with van der Waals surface area (Å²) in [6.45, 7) is -0.291. The lowest BCUT2D eigenvalue weighted by Gasteiger charge is -2.10. The third-order valence-corrected chi connectivity index (χ3v) is 3.01. The Bertz CT molecular complexity index is 724. The molecule has 0 aliphatic carbocycles. The monoisotopic (exact) mass is 291 g/mol. The normalized spacial score (nSPS) is 10.6. The van der Waals surface area contributed by atoms with E-state index in [1.807, 2.05) is 0 Å². The molecule has 7 nitrogen and oxygen atoms in total. The van der Waals surface area contributed by atoms with Gasteiger partial charge in [-0.2, -0.15) is 0 Å². The molecule has 0 atom stereocenters. The van der Waals surface area contributed by atoms with Crippen molar-refractivity contribution in [2.24, 2.45) is 7.05 Å². The first kappa shape index (κ1) is 14.9. The van der Waals surface area contributed by atoms with Crippen molar-refractivity contribution in [3.8, 4) is 5.75 Å². The lowest BCUT2D eigenvalue weighted by Crippen LogP contribution is -2.32. The molecule has 0 aliphatic heterocycles. The molecule has 1 aromatic heterocycles. The van der Waals surface area contributed by atoms with Crippen LogP contribution in [-0.4, -0.2) is 35.3 Å². The molecule has 1 heterocycles. The number of benzene rings is 1. The second-order valence-corrected chi connectivity index (χ2v) is 4.55. The summed E-state index contributed by atoms with van der Waals surface area (Å²) in [6.07, 6.45) is 0. The highest BCUT2D eigenvalue weighted by Gasteiger charge is 2.10. The van der Waals surface area contributed by atoms with Crippen LogP contribution in [0.15, 0.2) is 29.1 Å². The quantitative estimate of drug-likeness (QED) is 0.650. The van der Waals surface area contributed by atoms with E-state index in [-0.39, 0.29) is 31.1 Å². The van der Waals surface area contributed by atoms with Gasteiger partial charge in [0.05, 0.1) is 12.1 Å². The molecular formula is C14H17N3O4. The van der Waals surface area contributed by atoms with Crippen molar-refractivity contribution in [1.82, 2.24) is 9.88 Å².